The lowest BCUT2D eigenvalue weighted by molar-refractivity contribution is -0.135. The van der Waals surface area contributed by atoms with Crippen LogP contribution < -0.4 is 4.74 Å². The summed E-state index contributed by atoms with van der Waals surface area (Å²) in [6.45, 7) is 5.99. The van der Waals surface area contributed by atoms with E-state index in [1.165, 1.54) is 6.42 Å². The van der Waals surface area contributed by atoms with Gasteiger partial charge in [-0.1, -0.05) is 6.92 Å². The number of ether oxygens (including phenoxy) is 1. The van der Waals surface area contributed by atoms with E-state index >= 15 is 0 Å². The summed E-state index contributed by atoms with van der Waals surface area (Å²) in [5.74, 6) is 1.34. The van der Waals surface area contributed by atoms with E-state index in [2.05, 4.69) is 38.8 Å². The zero-order valence-electron chi connectivity index (χ0n) is 11.8. The van der Waals surface area contributed by atoms with Gasteiger partial charge in [-0.2, -0.15) is 0 Å². The van der Waals surface area contributed by atoms with Crippen molar-refractivity contribution in [3.05, 3.63) is 26.6 Å². The van der Waals surface area contributed by atoms with Crippen LogP contribution in [0.25, 0.3) is 0 Å². The molecule has 3 nitrogen and oxygen atoms in total. The van der Waals surface area contributed by atoms with Crippen molar-refractivity contribution in [2.24, 2.45) is 5.92 Å². The van der Waals surface area contributed by atoms with Crippen molar-refractivity contribution < 1.29 is 9.53 Å². The molecule has 1 atom stereocenters. The molecule has 0 spiro atoms. The summed E-state index contributed by atoms with van der Waals surface area (Å²) in [5.41, 5.74) is 1.13. The lowest BCUT2D eigenvalue weighted by Gasteiger charge is -2.30. The Hall–Kier alpha value is -0.550. The van der Waals surface area contributed by atoms with Crippen LogP contribution in [0.15, 0.2) is 21.1 Å². The SMILES string of the molecule is Cc1cc(Br)c(OCC(=O)N2CCC[C@H](C)C2)c(Br)c1. The van der Waals surface area contributed by atoms with Crippen LogP contribution in [0, 0.1) is 12.8 Å². The Bertz CT molecular complexity index is 482. The van der Waals surface area contributed by atoms with Gasteiger partial charge in [0, 0.05) is 13.1 Å². The number of aryl methyl sites for hydroxylation is 1. The Morgan fingerprint density at radius 1 is 1.40 bits per heavy atom. The summed E-state index contributed by atoms with van der Waals surface area (Å²) in [6.07, 6.45) is 2.30. The highest BCUT2D eigenvalue weighted by molar-refractivity contribution is 9.11. The van der Waals surface area contributed by atoms with E-state index in [0.717, 1.165) is 34.0 Å². The molecule has 0 saturated carbocycles. The number of hydrogen-bond acceptors (Lipinski definition) is 2. The van der Waals surface area contributed by atoms with Crippen LogP contribution in [-0.4, -0.2) is 30.5 Å². The molecule has 1 aliphatic heterocycles. The van der Waals surface area contributed by atoms with Crippen molar-refractivity contribution in [1.82, 2.24) is 4.90 Å². The highest BCUT2D eigenvalue weighted by atomic mass is 79.9. The smallest absolute Gasteiger partial charge is 0.260 e. The molecule has 1 saturated heterocycles. The van der Waals surface area contributed by atoms with E-state index in [1.54, 1.807) is 0 Å². The molecule has 2 rings (SSSR count). The quantitative estimate of drug-likeness (QED) is 0.756. The number of piperidine rings is 1. The van der Waals surface area contributed by atoms with Crippen molar-refractivity contribution >= 4 is 37.8 Å². The number of rotatable bonds is 3. The largest absolute Gasteiger partial charge is 0.481 e. The molecule has 0 aromatic heterocycles. The fourth-order valence-electron chi connectivity index (χ4n) is 2.47. The zero-order valence-corrected chi connectivity index (χ0v) is 15.0. The minimum absolute atomic E-state index is 0.0657. The van der Waals surface area contributed by atoms with Crippen LogP contribution in [0.2, 0.25) is 0 Å². The molecule has 0 unspecified atom stereocenters. The first-order valence-corrected chi connectivity index (χ1v) is 8.42. The Morgan fingerprint density at radius 2 is 2.05 bits per heavy atom. The van der Waals surface area contributed by atoms with Gasteiger partial charge in [-0.15, -0.1) is 0 Å². The Morgan fingerprint density at radius 3 is 2.65 bits per heavy atom. The average Bonchev–Trinajstić information content (AvgIpc) is 2.37. The number of hydrogen-bond donors (Lipinski definition) is 0. The summed E-state index contributed by atoms with van der Waals surface area (Å²) in [4.78, 5) is 14.1. The first-order valence-electron chi connectivity index (χ1n) is 6.83. The number of carbonyl (C=O) groups is 1. The molecule has 110 valence electrons. The molecule has 0 bridgehead atoms. The molecular weight excluding hydrogens is 386 g/mol. The predicted octanol–water partition coefficient (Wildman–Crippen LogP) is 4.16. The number of nitrogens with zero attached hydrogens (tertiary/aromatic N) is 1. The van der Waals surface area contributed by atoms with E-state index in [4.69, 9.17) is 4.74 Å². The van der Waals surface area contributed by atoms with Crippen LogP contribution in [0.3, 0.4) is 0 Å². The number of carbonyl (C=O) groups excluding carboxylic acids is 1. The van der Waals surface area contributed by atoms with Gasteiger partial charge in [-0.25, -0.2) is 0 Å². The second-order valence-electron chi connectivity index (χ2n) is 5.43. The Labute approximate surface area is 136 Å². The topological polar surface area (TPSA) is 29.5 Å². The first kappa shape index (κ1) is 15.8. The minimum Gasteiger partial charge on any atom is -0.481 e. The van der Waals surface area contributed by atoms with Gasteiger partial charge >= 0.3 is 0 Å². The van der Waals surface area contributed by atoms with Gasteiger partial charge in [-0.05, 0) is 75.2 Å². The van der Waals surface area contributed by atoms with E-state index < -0.39 is 0 Å². The van der Waals surface area contributed by atoms with Gasteiger partial charge < -0.3 is 9.64 Å². The monoisotopic (exact) mass is 403 g/mol. The molecule has 0 aliphatic carbocycles. The van der Waals surface area contributed by atoms with Gasteiger partial charge in [0.15, 0.2) is 6.61 Å². The van der Waals surface area contributed by atoms with Crippen molar-refractivity contribution in [3.63, 3.8) is 0 Å². The summed E-state index contributed by atoms with van der Waals surface area (Å²) < 4.78 is 7.42. The maximum atomic E-state index is 12.2. The Kier molecular flexibility index (Phi) is 5.49. The third-order valence-electron chi connectivity index (χ3n) is 3.49. The number of benzene rings is 1. The number of likely N-dealkylation sites (tertiary alicyclic amines) is 1. The molecule has 1 heterocycles. The van der Waals surface area contributed by atoms with Gasteiger partial charge in [0.1, 0.15) is 5.75 Å². The van der Waals surface area contributed by atoms with Gasteiger partial charge in [0.05, 0.1) is 8.95 Å². The van der Waals surface area contributed by atoms with Crippen LogP contribution in [0.5, 0.6) is 5.75 Å². The minimum atomic E-state index is 0.0657. The number of halogens is 2. The van der Waals surface area contributed by atoms with Crippen molar-refractivity contribution in [1.29, 1.82) is 0 Å². The van der Waals surface area contributed by atoms with Crippen LogP contribution in [-0.2, 0) is 4.79 Å². The van der Waals surface area contributed by atoms with Gasteiger partial charge in [-0.3, -0.25) is 4.79 Å². The second-order valence-corrected chi connectivity index (χ2v) is 7.14. The molecule has 1 amide bonds. The molecule has 0 N–H and O–H groups in total. The highest BCUT2D eigenvalue weighted by Gasteiger charge is 2.21. The van der Waals surface area contributed by atoms with E-state index in [-0.39, 0.29) is 12.5 Å². The molecule has 1 aromatic rings. The standard InChI is InChI=1S/C15H19Br2NO2/c1-10-4-3-5-18(8-10)14(19)9-20-15-12(16)6-11(2)7-13(15)17/h6-7,10H,3-5,8-9H2,1-2H3/t10-/m0/s1. The summed E-state index contributed by atoms with van der Waals surface area (Å²) in [6, 6.07) is 3.96. The molecular formula is C15H19Br2NO2. The van der Waals surface area contributed by atoms with Crippen LogP contribution >= 0.6 is 31.9 Å². The van der Waals surface area contributed by atoms with Crippen LogP contribution in [0.4, 0.5) is 0 Å². The predicted molar refractivity (Wildman–Crippen MR) is 87.1 cm³/mol. The molecule has 0 radical (unpaired) electrons. The fourth-order valence-corrected chi connectivity index (χ4v) is 4.11. The average molecular weight is 405 g/mol. The second kappa shape index (κ2) is 6.94. The third kappa shape index (κ3) is 3.98. The molecule has 1 aromatic carbocycles. The third-order valence-corrected chi connectivity index (χ3v) is 4.67. The van der Waals surface area contributed by atoms with Crippen molar-refractivity contribution in [3.8, 4) is 5.75 Å². The highest BCUT2D eigenvalue weighted by Crippen LogP contribution is 2.34. The fraction of sp³-hybridized carbons (Fsp3) is 0.533. The Balaban J connectivity index is 1.96. The molecule has 1 aliphatic rings. The summed E-state index contributed by atoms with van der Waals surface area (Å²) in [5, 5.41) is 0. The van der Waals surface area contributed by atoms with Gasteiger partial charge in [0.25, 0.3) is 5.91 Å². The molecule has 20 heavy (non-hydrogen) atoms. The van der Waals surface area contributed by atoms with E-state index in [1.807, 2.05) is 24.0 Å². The van der Waals surface area contributed by atoms with Crippen molar-refractivity contribution in [2.45, 2.75) is 26.7 Å². The maximum absolute atomic E-state index is 12.2. The summed E-state index contributed by atoms with van der Waals surface area (Å²) >= 11 is 6.95. The lowest BCUT2D eigenvalue weighted by atomic mass is 10.0. The molecule has 5 heteroatoms. The first-order chi connectivity index (χ1) is 9.47. The number of amides is 1. The maximum Gasteiger partial charge on any atom is 0.260 e. The lowest BCUT2D eigenvalue weighted by Crippen LogP contribution is -2.41. The van der Waals surface area contributed by atoms with E-state index in [9.17, 15) is 4.79 Å². The normalized spacial score (nSPS) is 19.0. The molecule has 1 fully saturated rings. The van der Waals surface area contributed by atoms with Gasteiger partial charge in [0.2, 0.25) is 0 Å². The summed E-state index contributed by atoms with van der Waals surface area (Å²) in [7, 11) is 0. The van der Waals surface area contributed by atoms with E-state index in [0.29, 0.717) is 11.7 Å². The van der Waals surface area contributed by atoms with Crippen LogP contribution in [0.1, 0.15) is 25.3 Å². The van der Waals surface area contributed by atoms with Crippen molar-refractivity contribution in [2.75, 3.05) is 19.7 Å². The zero-order chi connectivity index (χ0) is 14.7.